The van der Waals surface area contributed by atoms with E-state index in [1.807, 2.05) is 24.3 Å². The first kappa shape index (κ1) is 10.3. The van der Waals surface area contributed by atoms with Gasteiger partial charge in [0.2, 0.25) is 5.91 Å². The van der Waals surface area contributed by atoms with Gasteiger partial charge in [0.15, 0.2) is 0 Å². The zero-order chi connectivity index (χ0) is 10.8. The van der Waals surface area contributed by atoms with Gasteiger partial charge < -0.3 is 9.64 Å². The van der Waals surface area contributed by atoms with Crippen LogP contribution in [0.2, 0.25) is 0 Å². The molecule has 1 heterocycles. The van der Waals surface area contributed by atoms with Crippen LogP contribution in [0.15, 0.2) is 24.3 Å². The predicted octanol–water partition coefficient (Wildman–Crippen LogP) is 2.04. The fraction of sp³-hybridized carbons (Fsp3) is 0.364. The predicted molar refractivity (Wildman–Crippen MR) is 59.6 cm³/mol. The highest BCUT2D eigenvalue weighted by atomic mass is 35.5. The highest BCUT2D eigenvalue weighted by molar-refractivity contribution is 6.24. The molecule has 15 heavy (non-hydrogen) atoms. The van der Waals surface area contributed by atoms with Gasteiger partial charge in [-0.2, -0.15) is 0 Å². The monoisotopic (exact) mass is 225 g/mol. The van der Waals surface area contributed by atoms with E-state index < -0.39 is 0 Å². The minimum absolute atomic E-state index is 0.0698. The fourth-order valence-corrected chi connectivity index (χ4v) is 1.95. The van der Waals surface area contributed by atoms with Gasteiger partial charge in [-0.25, -0.2) is 0 Å². The third-order valence-corrected chi connectivity index (χ3v) is 2.75. The maximum absolute atomic E-state index is 11.5. The molecule has 0 aliphatic carbocycles. The van der Waals surface area contributed by atoms with Crippen LogP contribution in [0, 0.1) is 0 Å². The van der Waals surface area contributed by atoms with Crippen molar-refractivity contribution < 1.29 is 9.53 Å². The summed E-state index contributed by atoms with van der Waals surface area (Å²) in [5, 5.41) is -0.0698. The summed E-state index contributed by atoms with van der Waals surface area (Å²) in [7, 11) is 1.62. The lowest BCUT2D eigenvalue weighted by atomic mass is 10.3. The van der Waals surface area contributed by atoms with E-state index in [0.717, 1.165) is 11.4 Å². The van der Waals surface area contributed by atoms with Crippen LogP contribution in [0.3, 0.4) is 0 Å². The molecule has 1 aromatic rings. The molecule has 1 aliphatic heterocycles. The third-order valence-electron chi connectivity index (χ3n) is 2.46. The van der Waals surface area contributed by atoms with E-state index >= 15 is 0 Å². The first-order valence-corrected chi connectivity index (χ1v) is 5.23. The van der Waals surface area contributed by atoms with Crippen LogP contribution in [0.1, 0.15) is 6.42 Å². The molecule has 1 fully saturated rings. The molecule has 1 unspecified atom stereocenters. The maximum atomic E-state index is 11.5. The van der Waals surface area contributed by atoms with Crippen molar-refractivity contribution in [3.63, 3.8) is 0 Å². The van der Waals surface area contributed by atoms with Crippen molar-refractivity contribution in [2.45, 2.75) is 11.8 Å². The second-order valence-corrected chi connectivity index (χ2v) is 4.12. The van der Waals surface area contributed by atoms with Gasteiger partial charge >= 0.3 is 0 Å². The van der Waals surface area contributed by atoms with E-state index in [4.69, 9.17) is 16.3 Å². The molecule has 0 bridgehead atoms. The molecular formula is C11H12ClNO2. The lowest BCUT2D eigenvalue weighted by Crippen LogP contribution is -2.24. The van der Waals surface area contributed by atoms with Crippen molar-refractivity contribution in [1.29, 1.82) is 0 Å². The second kappa shape index (κ2) is 4.11. The summed E-state index contributed by atoms with van der Waals surface area (Å²) < 4.78 is 5.05. The van der Waals surface area contributed by atoms with Gasteiger partial charge in [0, 0.05) is 18.7 Å². The highest BCUT2D eigenvalue weighted by Gasteiger charge is 2.28. The lowest BCUT2D eigenvalue weighted by Gasteiger charge is -2.15. The molecule has 1 saturated heterocycles. The van der Waals surface area contributed by atoms with Crippen LogP contribution in [0.25, 0.3) is 0 Å². The molecule has 0 aromatic heterocycles. The average molecular weight is 226 g/mol. The Bertz CT molecular complexity index is 363. The number of rotatable bonds is 2. The summed E-state index contributed by atoms with van der Waals surface area (Å²) in [5.74, 6) is 0.869. The summed E-state index contributed by atoms with van der Waals surface area (Å²) in [6.07, 6.45) is 0.424. The number of alkyl halides is 1. The summed E-state index contributed by atoms with van der Waals surface area (Å²) in [5.41, 5.74) is 0.879. The van der Waals surface area contributed by atoms with Gasteiger partial charge in [-0.05, 0) is 24.3 Å². The van der Waals surface area contributed by atoms with Gasteiger partial charge in [-0.1, -0.05) is 0 Å². The van der Waals surface area contributed by atoms with Gasteiger partial charge in [0.25, 0.3) is 0 Å². The summed E-state index contributed by atoms with van der Waals surface area (Å²) in [6, 6.07) is 7.41. The van der Waals surface area contributed by atoms with Crippen LogP contribution in [-0.4, -0.2) is 24.9 Å². The molecule has 0 radical (unpaired) electrons. The Morgan fingerprint density at radius 1 is 1.40 bits per heavy atom. The van der Waals surface area contributed by atoms with Gasteiger partial charge in [0.05, 0.1) is 12.5 Å². The zero-order valence-corrected chi connectivity index (χ0v) is 9.20. The first-order chi connectivity index (χ1) is 7.20. The Labute approximate surface area is 93.6 Å². The number of nitrogens with zero attached hydrogens (tertiary/aromatic N) is 1. The third kappa shape index (κ3) is 2.07. The Balaban J connectivity index is 2.19. The summed E-state index contributed by atoms with van der Waals surface area (Å²) in [6.45, 7) is 0.590. The van der Waals surface area contributed by atoms with Gasteiger partial charge in [0.1, 0.15) is 5.75 Å². The molecule has 1 aliphatic rings. The van der Waals surface area contributed by atoms with E-state index in [-0.39, 0.29) is 11.3 Å². The van der Waals surface area contributed by atoms with Crippen LogP contribution >= 0.6 is 11.6 Å². The number of ether oxygens (including phenoxy) is 1. The smallest absolute Gasteiger partial charge is 0.228 e. The van der Waals surface area contributed by atoms with Gasteiger partial charge in [-0.15, -0.1) is 11.6 Å². The van der Waals surface area contributed by atoms with Crippen LogP contribution in [-0.2, 0) is 4.79 Å². The molecule has 1 atom stereocenters. The van der Waals surface area contributed by atoms with Crippen molar-refractivity contribution in [3.05, 3.63) is 24.3 Å². The number of benzene rings is 1. The van der Waals surface area contributed by atoms with Crippen molar-refractivity contribution in [3.8, 4) is 5.75 Å². The largest absolute Gasteiger partial charge is 0.497 e. The Morgan fingerprint density at radius 3 is 2.53 bits per heavy atom. The van der Waals surface area contributed by atoms with E-state index in [2.05, 4.69) is 0 Å². The SMILES string of the molecule is COc1ccc(N2CC(Cl)CC2=O)cc1. The number of halogens is 1. The van der Waals surface area contributed by atoms with E-state index in [1.165, 1.54) is 0 Å². The van der Waals surface area contributed by atoms with Crippen molar-refractivity contribution in [2.24, 2.45) is 0 Å². The molecule has 3 nitrogen and oxygen atoms in total. The van der Waals surface area contributed by atoms with Gasteiger partial charge in [-0.3, -0.25) is 4.79 Å². The molecule has 1 amide bonds. The van der Waals surface area contributed by atoms with Crippen LogP contribution in [0.4, 0.5) is 5.69 Å². The quantitative estimate of drug-likeness (QED) is 0.721. The van der Waals surface area contributed by atoms with E-state index in [9.17, 15) is 4.79 Å². The molecule has 0 N–H and O–H groups in total. The van der Waals surface area contributed by atoms with Crippen molar-refractivity contribution in [1.82, 2.24) is 0 Å². The summed E-state index contributed by atoms with van der Waals surface area (Å²) in [4.78, 5) is 13.3. The zero-order valence-electron chi connectivity index (χ0n) is 8.44. The Hall–Kier alpha value is -1.22. The molecule has 80 valence electrons. The van der Waals surface area contributed by atoms with Crippen LogP contribution in [0.5, 0.6) is 5.75 Å². The van der Waals surface area contributed by atoms with E-state index in [1.54, 1.807) is 12.0 Å². The number of carbonyl (C=O) groups excluding carboxylic acids is 1. The van der Waals surface area contributed by atoms with Crippen molar-refractivity contribution in [2.75, 3.05) is 18.6 Å². The summed E-state index contributed by atoms with van der Waals surface area (Å²) >= 11 is 5.92. The highest BCUT2D eigenvalue weighted by Crippen LogP contribution is 2.25. The maximum Gasteiger partial charge on any atom is 0.228 e. The Kier molecular flexibility index (Phi) is 2.82. The molecule has 4 heteroatoms. The van der Waals surface area contributed by atoms with Crippen LogP contribution < -0.4 is 9.64 Å². The number of hydrogen-bond acceptors (Lipinski definition) is 2. The first-order valence-electron chi connectivity index (χ1n) is 4.79. The minimum Gasteiger partial charge on any atom is -0.497 e. The van der Waals surface area contributed by atoms with Crippen molar-refractivity contribution >= 4 is 23.2 Å². The number of methoxy groups -OCH3 is 1. The lowest BCUT2D eigenvalue weighted by molar-refractivity contribution is -0.117. The van der Waals surface area contributed by atoms with E-state index in [0.29, 0.717) is 13.0 Å². The number of hydrogen-bond donors (Lipinski definition) is 0. The molecule has 0 spiro atoms. The molecular weight excluding hydrogens is 214 g/mol. The Morgan fingerprint density at radius 2 is 2.07 bits per heavy atom. The number of carbonyl (C=O) groups is 1. The molecule has 2 rings (SSSR count). The minimum atomic E-state index is -0.0698. The standard InChI is InChI=1S/C11H12ClNO2/c1-15-10-4-2-9(3-5-10)13-7-8(12)6-11(13)14/h2-5,8H,6-7H2,1H3. The number of amides is 1. The normalized spacial score (nSPS) is 20.8. The number of anilines is 1. The molecule has 1 aromatic carbocycles. The second-order valence-electron chi connectivity index (χ2n) is 3.50. The topological polar surface area (TPSA) is 29.5 Å². The average Bonchev–Trinajstić information content (AvgIpc) is 2.58. The molecule has 0 saturated carbocycles. The fourth-order valence-electron chi connectivity index (χ4n) is 1.68.